The van der Waals surface area contributed by atoms with Crippen molar-refractivity contribution < 1.29 is 13.2 Å². The average Bonchev–Trinajstić information content (AvgIpc) is 2.70. The van der Waals surface area contributed by atoms with E-state index in [0.29, 0.717) is 0 Å². The van der Waals surface area contributed by atoms with Crippen LogP contribution in [-0.2, 0) is 6.18 Å². The smallest absolute Gasteiger partial charge is 0.357 e. The normalized spacial score (nSPS) is 11.4. The van der Waals surface area contributed by atoms with E-state index in [1.54, 1.807) is 0 Å². The minimum absolute atomic E-state index is 0.180. The molecule has 0 aliphatic heterocycles. The van der Waals surface area contributed by atoms with E-state index in [2.05, 4.69) is 21.3 Å². The summed E-state index contributed by atoms with van der Waals surface area (Å²) in [6, 6.07) is 0.922. The van der Waals surface area contributed by atoms with Gasteiger partial charge in [0, 0.05) is 18.5 Å². The number of nitrogens with zero attached hydrogens (tertiary/aromatic N) is 3. The molecule has 0 saturated heterocycles. The fourth-order valence-corrected chi connectivity index (χ4v) is 1.33. The lowest BCUT2D eigenvalue weighted by Gasteiger charge is -2.02. The van der Waals surface area contributed by atoms with Gasteiger partial charge in [0.2, 0.25) is 0 Å². The molecule has 2 aromatic rings. The maximum atomic E-state index is 12.5. The first-order chi connectivity index (χ1) is 8.02. The molecule has 0 fully saturated rings. The molecule has 1 N–H and O–H groups in total. The lowest BCUT2D eigenvalue weighted by molar-refractivity contribution is -0.141. The SMILES string of the molecule is C#CCNc1nccn2nc(C(F)(F)F)cc12. The second kappa shape index (κ2) is 3.97. The Hall–Kier alpha value is -2.23. The van der Waals surface area contributed by atoms with E-state index >= 15 is 0 Å². The maximum Gasteiger partial charge on any atom is 0.435 e. The summed E-state index contributed by atoms with van der Waals surface area (Å²) in [5, 5.41) is 6.14. The van der Waals surface area contributed by atoms with Gasteiger partial charge in [0.15, 0.2) is 11.5 Å². The van der Waals surface area contributed by atoms with Crippen LogP contribution < -0.4 is 5.32 Å². The van der Waals surface area contributed by atoms with Gasteiger partial charge in [-0.1, -0.05) is 5.92 Å². The number of halogens is 3. The Morgan fingerprint density at radius 1 is 1.47 bits per heavy atom. The van der Waals surface area contributed by atoms with Gasteiger partial charge in [-0.2, -0.15) is 18.3 Å². The van der Waals surface area contributed by atoms with Crippen LogP contribution in [0.4, 0.5) is 19.0 Å². The highest BCUT2D eigenvalue weighted by Gasteiger charge is 2.34. The van der Waals surface area contributed by atoms with Crippen LogP contribution in [0.25, 0.3) is 5.52 Å². The maximum absolute atomic E-state index is 12.5. The summed E-state index contributed by atoms with van der Waals surface area (Å²) in [7, 11) is 0. The van der Waals surface area contributed by atoms with Crippen molar-refractivity contribution in [1.29, 1.82) is 0 Å². The van der Waals surface area contributed by atoms with Gasteiger partial charge in [-0.15, -0.1) is 6.42 Å². The van der Waals surface area contributed by atoms with Gasteiger partial charge in [-0.25, -0.2) is 9.50 Å². The topological polar surface area (TPSA) is 42.2 Å². The van der Waals surface area contributed by atoms with Gasteiger partial charge in [0.1, 0.15) is 5.52 Å². The molecular formula is C10H7F3N4. The molecular weight excluding hydrogens is 233 g/mol. The quantitative estimate of drug-likeness (QED) is 0.814. The standard InChI is InChI=1S/C10H7F3N4/c1-2-3-14-9-7-6-8(10(11,12)13)16-17(7)5-4-15-9/h1,4-6H,3H2,(H,14,15). The van der Waals surface area contributed by atoms with E-state index in [4.69, 9.17) is 6.42 Å². The Kier molecular flexibility index (Phi) is 2.63. The van der Waals surface area contributed by atoms with Crippen molar-refractivity contribution in [2.45, 2.75) is 6.18 Å². The second-order valence-electron chi connectivity index (χ2n) is 3.19. The van der Waals surface area contributed by atoms with Gasteiger partial charge < -0.3 is 5.32 Å². The summed E-state index contributed by atoms with van der Waals surface area (Å²) in [4.78, 5) is 3.90. The molecule has 0 radical (unpaired) electrons. The number of anilines is 1. The molecule has 2 rings (SSSR count). The largest absolute Gasteiger partial charge is 0.435 e. The molecule has 0 saturated carbocycles. The molecule has 2 heterocycles. The summed E-state index contributed by atoms with van der Waals surface area (Å²) in [6.07, 6.45) is 3.26. The molecule has 2 aromatic heterocycles. The molecule has 0 amide bonds. The van der Waals surface area contributed by atoms with Crippen LogP contribution in [0.5, 0.6) is 0 Å². The van der Waals surface area contributed by atoms with E-state index < -0.39 is 11.9 Å². The minimum Gasteiger partial charge on any atom is -0.357 e. The zero-order valence-electron chi connectivity index (χ0n) is 8.49. The van der Waals surface area contributed by atoms with Crippen molar-refractivity contribution in [3.05, 3.63) is 24.2 Å². The van der Waals surface area contributed by atoms with Crippen LogP contribution in [0.2, 0.25) is 0 Å². The van der Waals surface area contributed by atoms with E-state index in [0.717, 1.165) is 10.6 Å². The van der Waals surface area contributed by atoms with Crippen molar-refractivity contribution in [1.82, 2.24) is 14.6 Å². The number of alkyl halides is 3. The Morgan fingerprint density at radius 3 is 2.88 bits per heavy atom. The first kappa shape index (κ1) is 11.3. The summed E-state index contributed by atoms with van der Waals surface area (Å²) in [5.74, 6) is 2.59. The van der Waals surface area contributed by atoms with Crippen LogP contribution in [0, 0.1) is 12.3 Å². The van der Waals surface area contributed by atoms with Crippen molar-refractivity contribution >= 4 is 11.3 Å². The summed E-state index contributed by atoms with van der Waals surface area (Å²) in [6.45, 7) is 0.180. The molecule has 0 unspecified atom stereocenters. The summed E-state index contributed by atoms with van der Waals surface area (Å²) in [5.41, 5.74) is -0.732. The van der Waals surface area contributed by atoms with Crippen molar-refractivity contribution in [3.8, 4) is 12.3 Å². The number of hydrogen-bond acceptors (Lipinski definition) is 3. The number of hydrogen-bond donors (Lipinski definition) is 1. The van der Waals surface area contributed by atoms with E-state index in [1.165, 1.54) is 12.4 Å². The van der Waals surface area contributed by atoms with E-state index in [9.17, 15) is 13.2 Å². The molecule has 17 heavy (non-hydrogen) atoms. The predicted octanol–water partition coefficient (Wildman–Crippen LogP) is 1.79. The predicted molar refractivity (Wildman–Crippen MR) is 55.3 cm³/mol. The van der Waals surface area contributed by atoms with Crippen LogP contribution in [0.15, 0.2) is 18.5 Å². The molecule has 88 valence electrons. The van der Waals surface area contributed by atoms with Gasteiger partial charge in [-0.05, 0) is 0 Å². The number of nitrogens with one attached hydrogen (secondary N) is 1. The molecule has 4 nitrogen and oxygen atoms in total. The first-order valence-electron chi connectivity index (χ1n) is 4.61. The minimum atomic E-state index is -4.48. The molecule has 0 bridgehead atoms. The number of terminal acetylenes is 1. The van der Waals surface area contributed by atoms with Crippen LogP contribution >= 0.6 is 0 Å². The monoisotopic (exact) mass is 240 g/mol. The lowest BCUT2D eigenvalue weighted by atomic mass is 10.3. The van der Waals surface area contributed by atoms with Crippen molar-refractivity contribution in [2.75, 3.05) is 11.9 Å². The van der Waals surface area contributed by atoms with Gasteiger partial charge in [0.05, 0.1) is 6.54 Å². The first-order valence-corrected chi connectivity index (χ1v) is 4.61. The Bertz CT molecular complexity index is 579. The summed E-state index contributed by atoms with van der Waals surface area (Å²) < 4.78 is 38.5. The Labute approximate surface area is 94.5 Å². The van der Waals surface area contributed by atoms with Gasteiger partial charge in [0.25, 0.3) is 0 Å². The Morgan fingerprint density at radius 2 is 2.24 bits per heavy atom. The number of aromatic nitrogens is 3. The Balaban J connectivity index is 2.50. The zero-order chi connectivity index (χ0) is 12.5. The number of rotatable bonds is 2. The highest BCUT2D eigenvalue weighted by molar-refractivity contribution is 5.68. The lowest BCUT2D eigenvalue weighted by Crippen LogP contribution is -2.05. The van der Waals surface area contributed by atoms with Crippen molar-refractivity contribution in [3.63, 3.8) is 0 Å². The van der Waals surface area contributed by atoms with E-state index in [1.807, 2.05) is 0 Å². The average molecular weight is 240 g/mol. The molecule has 0 spiro atoms. The fourth-order valence-electron chi connectivity index (χ4n) is 1.33. The highest BCUT2D eigenvalue weighted by Crippen LogP contribution is 2.29. The molecule has 0 aliphatic rings. The third-order valence-corrected chi connectivity index (χ3v) is 2.04. The number of fused-ring (bicyclic) bond motifs is 1. The molecule has 0 atom stereocenters. The highest BCUT2D eigenvalue weighted by atomic mass is 19.4. The third kappa shape index (κ3) is 2.15. The molecule has 0 aliphatic carbocycles. The van der Waals surface area contributed by atoms with Crippen molar-refractivity contribution in [2.24, 2.45) is 0 Å². The third-order valence-electron chi connectivity index (χ3n) is 2.04. The van der Waals surface area contributed by atoms with Crippen LogP contribution in [0.3, 0.4) is 0 Å². The van der Waals surface area contributed by atoms with Crippen LogP contribution in [-0.4, -0.2) is 21.1 Å². The van der Waals surface area contributed by atoms with Gasteiger partial charge >= 0.3 is 6.18 Å². The summed E-state index contributed by atoms with van der Waals surface area (Å²) >= 11 is 0. The van der Waals surface area contributed by atoms with E-state index in [-0.39, 0.29) is 17.9 Å². The zero-order valence-corrected chi connectivity index (χ0v) is 8.49. The van der Waals surface area contributed by atoms with Crippen LogP contribution in [0.1, 0.15) is 5.69 Å². The molecule has 0 aromatic carbocycles. The second-order valence-corrected chi connectivity index (χ2v) is 3.19. The van der Waals surface area contributed by atoms with Gasteiger partial charge in [-0.3, -0.25) is 0 Å². The molecule has 7 heteroatoms. The fraction of sp³-hybridized carbons (Fsp3) is 0.200.